The van der Waals surface area contributed by atoms with E-state index in [1.54, 1.807) is 20.8 Å². The number of benzene rings is 1. The number of aromatic nitrogens is 5. The molecule has 0 radical (unpaired) electrons. The van der Waals surface area contributed by atoms with Gasteiger partial charge in [0.05, 0.1) is 31.4 Å². The molecule has 4 rings (SSSR count). The van der Waals surface area contributed by atoms with E-state index < -0.39 is 40.6 Å². The Hall–Kier alpha value is -4.33. The molecule has 3 heterocycles. The smallest absolute Gasteiger partial charge is 0.333 e. The molecule has 14 heteroatoms. The lowest BCUT2D eigenvalue weighted by Gasteiger charge is -2.28. The fourth-order valence-corrected chi connectivity index (χ4v) is 5.78. The van der Waals surface area contributed by atoms with Crippen molar-refractivity contribution in [3.05, 3.63) is 68.4 Å². The number of methoxy groups -OCH3 is 1. The van der Waals surface area contributed by atoms with E-state index in [2.05, 4.69) is 15.5 Å². The third kappa shape index (κ3) is 5.51. The largest absolute Gasteiger partial charge is 0.496 e. The van der Waals surface area contributed by atoms with Crippen LogP contribution in [0.1, 0.15) is 51.8 Å². The predicted octanol–water partition coefficient (Wildman–Crippen LogP) is 2.83. The van der Waals surface area contributed by atoms with E-state index in [1.165, 1.54) is 61.8 Å². The van der Waals surface area contributed by atoms with Crippen LogP contribution in [0.25, 0.3) is 15.2 Å². The van der Waals surface area contributed by atoms with Crippen LogP contribution in [-0.4, -0.2) is 49.2 Å². The number of hydrogen-bond acceptors (Lipinski definition) is 9. The summed E-state index contributed by atoms with van der Waals surface area (Å²) < 4.78 is 27.5. The molecular formula is C27H31FN6O6S. The number of ether oxygens (including phenoxy) is 2. The molecule has 0 aliphatic rings. The van der Waals surface area contributed by atoms with Gasteiger partial charge in [0, 0.05) is 24.1 Å². The van der Waals surface area contributed by atoms with E-state index in [1.807, 2.05) is 0 Å². The molecule has 0 saturated carbocycles. The summed E-state index contributed by atoms with van der Waals surface area (Å²) in [5, 5.41) is 11.7. The number of halogens is 1. The number of nitrogens with zero attached hydrogens (tertiary/aromatic N) is 5. The minimum Gasteiger partial charge on any atom is -0.496 e. The zero-order chi connectivity index (χ0) is 30.2. The molecular weight excluding hydrogens is 555 g/mol. The highest BCUT2D eigenvalue weighted by molar-refractivity contribution is 7.21. The highest BCUT2D eigenvalue weighted by Crippen LogP contribution is 2.34. The molecule has 0 aliphatic carbocycles. The van der Waals surface area contributed by atoms with Crippen LogP contribution < -0.4 is 21.3 Å². The van der Waals surface area contributed by atoms with Crippen molar-refractivity contribution in [3.63, 3.8) is 0 Å². The van der Waals surface area contributed by atoms with Crippen molar-refractivity contribution in [1.82, 2.24) is 29.4 Å². The zero-order valence-electron chi connectivity index (χ0n) is 23.7. The Labute approximate surface area is 238 Å². The second kappa shape index (κ2) is 11.3. The maximum Gasteiger partial charge on any atom is 0.333 e. The van der Waals surface area contributed by atoms with Gasteiger partial charge in [-0.15, -0.1) is 4.80 Å². The Morgan fingerprint density at radius 2 is 1.83 bits per heavy atom. The van der Waals surface area contributed by atoms with Gasteiger partial charge in [-0.05, 0) is 52.8 Å². The van der Waals surface area contributed by atoms with Crippen molar-refractivity contribution in [2.24, 2.45) is 0 Å². The molecule has 0 unspecified atom stereocenters. The number of carbonyl (C=O) groups excluding carboxylic acids is 2. The molecule has 1 N–H and O–H groups in total. The maximum absolute atomic E-state index is 14.4. The summed E-state index contributed by atoms with van der Waals surface area (Å²) in [6, 6.07) is 3.48. The highest BCUT2D eigenvalue weighted by Gasteiger charge is 2.36. The lowest BCUT2D eigenvalue weighted by Crippen LogP contribution is -2.56. The Kier molecular flexibility index (Phi) is 8.15. The molecule has 12 nitrogen and oxygen atoms in total. The van der Waals surface area contributed by atoms with Crippen molar-refractivity contribution in [1.29, 1.82) is 0 Å². The Balaban J connectivity index is 2.06. The number of carbonyl (C=O) groups is 2. The molecule has 218 valence electrons. The first-order chi connectivity index (χ1) is 19.3. The molecule has 41 heavy (non-hydrogen) atoms. The lowest BCUT2D eigenvalue weighted by molar-refractivity contribution is -0.147. The normalized spacial score (nSPS) is 12.5. The average Bonchev–Trinajstić information content (AvgIpc) is 3.53. The van der Waals surface area contributed by atoms with Crippen molar-refractivity contribution >= 4 is 33.4 Å². The fourth-order valence-electron chi connectivity index (χ4n) is 4.56. The first-order valence-corrected chi connectivity index (χ1v) is 13.6. The monoisotopic (exact) mass is 586 g/mol. The molecule has 1 atom stereocenters. The molecule has 0 fully saturated rings. The van der Waals surface area contributed by atoms with Crippen molar-refractivity contribution in [2.45, 2.75) is 65.8 Å². The van der Waals surface area contributed by atoms with Gasteiger partial charge in [0.15, 0.2) is 0 Å². The molecule has 0 aliphatic heterocycles. The van der Waals surface area contributed by atoms with Crippen LogP contribution in [0.15, 0.2) is 40.2 Å². The summed E-state index contributed by atoms with van der Waals surface area (Å²) in [7, 11) is 1.38. The molecule has 0 saturated heterocycles. The van der Waals surface area contributed by atoms with E-state index in [4.69, 9.17) is 9.47 Å². The number of amides is 1. The second-order valence-electron chi connectivity index (χ2n) is 10.2. The molecule has 3 aromatic heterocycles. The predicted molar refractivity (Wildman–Crippen MR) is 150 cm³/mol. The molecule has 0 spiro atoms. The van der Waals surface area contributed by atoms with E-state index in [9.17, 15) is 23.6 Å². The third-order valence-electron chi connectivity index (χ3n) is 6.52. The number of aryl methyl sites for hydroxylation is 1. The summed E-state index contributed by atoms with van der Waals surface area (Å²) in [6.07, 6.45) is 1.76. The van der Waals surface area contributed by atoms with Crippen LogP contribution >= 0.6 is 11.3 Å². The van der Waals surface area contributed by atoms with Crippen molar-refractivity contribution in [3.8, 4) is 10.8 Å². The van der Waals surface area contributed by atoms with Crippen molar-refractivity contribution in [2.75, 3.05) is 7.11 Å². The number of thiophene rings is 1. The van der Waals surface area contributed by atoms with Gasteiger partial charge in [0.2, 0.25) is 5.91 Å². The van der Waals surface area contributed by atoms with Gasteiger partial charge >= 0.3 is 11.7 Å². The van der Waals surface area contributed by atoms with E-state index in [0.717, 1.165) is 22.0 Å². The van der Waals surface area contributed by atoms with E-state index in [0.29, 0.717) is 10.6 Å². The fraction of sp³-hybridized carbons (Fsp3) is 0.407. The number of esters is 1. The molecule has 4 aromatic rings. The Morgan fingerprint density at radius 1 is 1.17 bits per heavy atom. The van der Waals surface area contributed by atoms with Gasteiger partial charge in [0.25, 0.3) is 5.56 Å². The van der Waals surface area contributed by atoms with Gasteiger partial charge in [-0.2, -0.15) is 10.2 Å². The lowest BCUT2D eigenvalue weighted by atomic mass is 10.0. The summed E-state index contributed by atoms with van der Waals surface area (Å²) in [6.45, 7) is 9.04. The van der Waals surface area contributed by atoms with Crippen molar-refractivity contribution < 1.29 is 23.5 Å². The van der Waals surface area contributed by atoms with Gasteiger partial charge < -0.3 is 14.8 Å². The number of fused-ring (bicyclic) bond motifs is 1. The minimum atomic E-state index is -1.61. The van der Waals surface area contributed by atoms with Crippen LogP contribution in [0.5, 0.6) is 5.75 Å². The summed E-state index contributed by atoms with van der Waals surface area (Å²) in [5.74, 6) is -1.59. The zero-order valence-corrected chi connectivity index (χ0v) is 24.5. The molecule has 1 aromatic carbocycles. The standard InChI is InChI=1S/C27H31FN6O6S/c1-14(2)31-25(37)27(5,6)33-22(36)21-15(3)23(34-29-10-11-30-34)41-24(21)32(26(33)38)13-20(40-16(4)35)18-12-17(28)8-9-19(18)39-7/h8-12,14,20H,13H2,1-7H3,(H,31,37)/t20-/m1/s1. The van der Waals surface area contributed by atoms with Crippen LogP contribution in [0.3, 0.4) is 0 Å². The summed E-state index contributed by atoms with van der Waals surface area (Å²) in [5.41, 5.74) is -2.44. The molecule has 1 amide bonds. The average molecular weight is 587 g/mol. The van der Waals surface area contributed by atoms with Crippen LogP contribution in [-0.2, 0) is 26.4 Å². The minimum absolute atomic E-state index is 0.167. The first-order valence-electron chi connectivity index (χ1n) is 12.8. The number of hydrogen-bond donors (Lipinski definition) is 1. The van der Waals surface area contributed by atoms with Gasteiger partial charge in [-0.1, -0.05) is 11.3 Å². The van der Waals surface area contributed by atoms with Gasteiger partial charge in [-0.25, -0.2) is 13.8 Å². The summed E-state index contributed by atoms with van der Waals surface area (Å²) >= 11 is 1.09. The van der Waals surface area contributed by atoms with Crippen LogP contribution in [0.4, 0.5) is 4.39 Å². The second-order valence-corrected chi connectivity index (χ2v) is 11.2. The topological polar surface area (TPSA) is 139 Å². The molecule has 0 bridgehead atoms. The maximum atomic E-state index is 14.4. The van der Waals surface area contributed by atoms with E-state index in [-0.39, 0.29) is 34.1 Å². The van der Waals surface area contributed by atoms with Gasteiger partial charge in [-0.3, -0.25) is 19.0 Å². The highest BCUT2D eigenvalue weighted by atomic mass is 32.1. The third-order valence-corrected chi connectivity index (χ3v) is 7.80. The van der Waals surface area contributed by atoms with Crippen LogP contribution in [0, 0.1) is 12.7 Å². The number of nitrogens with one attached hydrogen (secondary N) is 1. The number of rotatable bonds is 9. The Bertz CT molecular complexity index is 1740. The Morgan fingerprint density at radius 3 is 2.41 bits per heavy atom. The van der Waals surface area contributed by atoms with Crippen LogP contribution in [0.2, 0.25) is 0 Å². The first kappa shape index (κ1) is 29.6. The van der Waals surface area contributed by atoms with E-state index >= 15 is 0 Å². The summed E-state index contributed by atoms with van der Waals surface area (Å²) in [4.78, 5) is 55.2. The van der Waals surface area contributed by atoms with Gasteiger partial charge in [0.1, 0.15) is 33.0 Å². The quantitative estimate of drug-likeness (QED) is 0.296. The SMILES string of the molecule is COc1ccc(F)cc1[C@@H](Cn1c(=O)n(C(C)(C)C(=O)NC(C)C)c(=O)c2c(C)c(-n3nccn3)sc21)OC(C)=O.